The van der Waals surface area contributed by atoms with Crippen LogP contribution in [0.15, 0.2) is 16.5 Å². The van der Waals surface area contributed by atoms with E-state index in [1.165, 1.54) is 0 Å². The average Bonchev–Trinajstić information content (AvgIpc) is 2.68. The second-order valence-electron chi connectivity index (χ2n) is 3.03. The first-order valence-corrected chi connectivity index (χ1v) is 3.77. The Morgan fingerprint density at radius 2 is 2.45 bits per heavy atom. The van der Waals surface area contributed by atoms with Gasteiger partial charge in [0.15, 0.2) is 0 Å². The number of nitrogens with zero attached hydrogens (tertiary/aromatic N) is 1. The minimum atomic E-state index is 0.209. The summed E-state index contributed by atoms with van der Waals surface area (Å²) in [6.07, 6.45) is 0.976. The van der Waals surface area contributed by atoms with E-state index in [4.69, 9.17) is 9.68 Å². The molecular formula is C9H9NO. The number of aryl methyl sites for hydroxylation is 1. The van der Waals surface area contributed by atoms with Crippen molar-refractivity contribution in [2.24, 2.45) is 5.92 Å². The van der Waals surface area contributed by atoms with Crippen LogP contribution in [-0.4, -0.2) is 0 Å². The van der Waals surface area contributed by atoms with Crippen LogP contribution >= 0.6 is 0 Å². The van der Waals surface area contributed by atoms with Gasteiger partial charge in [0.1, 0.15) is 11.5 Å². The van der Waals surface area contributed by atoms with Gasteiger partial charge in [0.25, 0.3) is 0 Å². The van der Waals surface area contributed by atoms with Gasteiger partial charge in [-0.3, -0.25) is 0 Å². The summed E-state index contributed by atoms with van der Waals surface area (Å²) in [4.78, 5) is 0. The Bertz CT molecular complexity index is 308. The lowest BCUT2D eigenvalue weighted by molar-refractivity contribution is 0.482. The smallest absolute Gasteiger partial charge is 0.108 e. The van der Waals surface area contributed by atoms with Crippen LogP contribution in [0.25, 0.3) is 0 Å². The molecule has 0 bridgehead atoms. The molecule has 2 heteroatoms. The van der Waals surface area contributed by atoms with Gasteiger partial charge in [-0.2, -0.15) is 5.26 Å². The van der Waals surface area contributed by atoms with Gasteiger partial charge >= 0.3 is 0 Å². The van der Waals surface area contributed by atoms with Gasteiger partial charge in [-0.05, 0) is 25.5 Å². The number of nitriles is 1. The summed E-state index contributed by atoms with van der Waals surface area (Å²) < 4.78 is 5.39. The molecule has 1 aromatic heterocycles. The first-order valence-electron chi connectivity index (χ1n) is 3.77. The number of rotatable bonds is 1. The van der Waals surface area contributed by atoms with Gasteiger partial charge in [0.05, 0.1) is 12.0 Å². The molecule has 0 saturated heterocycles. The first kappa shape index (κ1) is 6.48. The zero-order chi connectivity index (χ0) is 7.84. The highest BCUT2D eigenvalue weighted by Gasteiger charge is 2.40. The van der Waals surface area contributed by atoms with Gasteiger partial charge in [0, 0.05) is 5.92 Å². The molecule has 1 heterocycles. The van der Waals surface area contributed by atoms with E-state index in [9.17, 15) is 0 Å². The monoisotopic (exact) mass is 147 g/mol. The number of hydrogen-bond donors (Lipinski definition) is 0. The molecule has 0 amide bonds. The highest BCUT2D eigenvalue weighted by atomic mass is 16.3. The summed E-state index contributed by atoms with van der Waals surface area (Å²) in [6.45, 7) is 1.92. The van der Waals surface area contributed by atoms with E-state index in [1.807, 2.05) is 19.1 Å². The topological polar surface area (TPSA) is 36.9 Å². The second-order valence-corrected chi connectivity index (χ2v) is 3.03. The summed E-state index contributed by atoms with van der Waals surface area (Å²) in [7, 11) is 0. The maximum absolute atomic E-state index is 8.55. The molecule has 1 aromatic rings. The van der Waals surface area contributed by atoms with E-state index in [-0.39, 0.29) is 5.92 Å². The summed E-state index contributed by atoms with van der Waals surface area (Å²) in [6, 6.07) is 6.15. The Morgan fingerprint density at radius 3 is 2.91 bits per heavy atom. The van der Waals surface area contributed by atoms with Crippen molar-refractivity contribution in [3.05, 3.63) is 23.7 Å². The maximum atomic E-state index is 8.55. The first-order chi connectivity index (χ1) is 5.31. The van der Waals surface area contributed by atoms with Crippen molar-refractivity contribution < 1.29 is 4.42 Å². The third kappa shape index (κ3) is 1.03. The molecule has 2 nitrogen and oxygen atoms in total. The van der Waals surface area contributed by atoms with Crippen LogP contribution in [-0.2, 0) is 0 Å². The average molecular weight is 147 g/mol. The predicted octanol–water partition coefficient (Wildman–Crippen LogP) is 2.22. The fraction of sp³-hybridized carbons (Fsp3) is 0.444. The molecule has 2 rings (SSSR count). The van der Waals surface area contributed by atoms with E-state index in [1.54, 1.807) is 0 Å². The normalized spacial score (nSPS) is 28.0. The Hall–Kier alpha value is -1.23. The van der Waals surface area contributed by atoms with Crippen LogP contribution in [0, 0.1) is 24.2 Å². The molecule has 0 aromatic carbocycles. The second kappa shape index (κ2) is 2.13. The fourth-order valence-corrected chi connectivity index (χ4v) is 1.30. The van der Waals surface area contributed by atoms with Crippen molar-refractivity contribution in [1.82, 2.24) is 0 Å². The molecule has 1 aliphatic carbocycles. The van der Waals surface area contributed by atoms with Gasteiger partial charge in [-0.1, -0.05) is 0 Å². The Morgan fingerprint density at radius 1 is 1.64 bits per heavy atom. The van der Waals surface area contributed by atoms with Crippen molar-refractivity contribution in [3.8, 4) is 6.07 Å². The third-order valence-corrected chi connectivity index (χ3v) is 2.08. The fourth-order valence-electron chi connectivity index (χ4n) is 1.30. The minimum Gasteiger partial charge on any atom is -0.466 e. The summed E-state index contributed by atoms with van der Waals surface area (Å²) in [5.74, 6) is 2.51. The molecule has 0 N–H and O–H groups in total. The molecule has 0 spiro atoms. The summed E-state index contributed by atoms with van der Waals surface area (Å²) in [5, 5.41) is 8.55. The van der Waals surface area contributed by atoms with E-state index >= 15 is 0 Å². The van der Waals surface area contributed by atoms with Crippen LogP contribution in [0.5, 0.6) is 0 Å². The van der Waals surface area contributed by atoms with Crippen molar-refractivity contribution >= 4 is 0 Å². The summed E-state index contributed by atoms with van der Waals surface area (Å²) >= 11 is 0. The van der Waals surface area contributed by atoms with Crippen molar-refractivity contribution in [2.45, 2.75) is 19.3 Å². The van der Waals surface area contributed by atoms with Crippen molar-refractivity contribution in [2.75, 3.05) is 0 Å². The van der Waals surface area contributed by atoms with Crippen LogP contribution in [0.3, 0.4) is 0 Å². The zero-order valence-corrected chi connectivity index (χ0v) is 6.37. The van der Waals surface area contributed by atoms with Crippen molar-refractivity contribution in [3.63, 3.8) is 0 Å². The molecule has 11 heavy (non-hydrogen) atoms. The quantitative estimate of drug-likeness (QED) is 0.610. The lowest BCUT2D eigenvalue weighted by Crippen LogP contribution is -1.74. The lowest BCUT2D eigenvalue weighted by Gasteiger charge is -1.87. The predicted molar refractivity (Wildman–Crippen MR) is 39.9 cm³/mol. The van der Waals surface area contributed by atoms with Gasteiger partial charge in [-0.25, -0.2) is 0 Å². The Labute approximate surface area is 65.4 Å². The molecule has 1 aliphatic rings. The van der Waals surface area contributed by atoms with Gasteiger partial charge in [0.2, 0.25) is 0 Å². The zero-order valence-electron chi connectivity index (χ0n) is 6.37. The Balaban J connectivity index is 2.16. The maximum Gasteiger partial charge on any atom is 0.108 e. The van der Waals surface area contributed by atoms with Crippen LogP contribution in [0.1, 0.15) is 23.9 Å². The highest BCUT2D eigenvalue weighted by molar-refractivity contribution is 5.22. The van der Waals surface area contributed by atoms with E-state index in [0.29, 0.717) is 5.92 Å². The number of furan rings is 1. The van der Waals surface area contributed by atoms with Gasteiger partial charge in [-0.15, -0.1) is 0 Å². The third-order valence-electron chi connectivity index (χ3n) is 2.08. The van der Waals surface area contributed by atoms with Crippen LogP contribution < -0.4 is 0 Å². The van der Waals surface area contributed by atoms with E-state index in [0.717, 1.165) is 17.9 Å². The minimum absolute atomic E-state index is 0.209. The Kier molecular flexibility index (Phi) is 1.25. The largest absolute Gasteiger partial charge is 0.466 e. The number of hydrogen-bond acceptors (Lipinski definition) is 2. The highest BCUT2D eigenvalue weighted by Crippen LogP contribution is 2.47. The van der Waals surface area contributed by atoms with Gasteiger partial charge < -0.3 is 4.42 Å². The van der Waals surface area contributed by atoms with E-state index in [2.05, 4.69) is 6.07 Å². The van der Waals surface area contributed by atoms with E-state index < -0.39 is 0 Å². The molecule has 1 saturated carbocycles. The molecule has 0 aliphatic heterocycles. The molecule has 56 valence electrons. The summed E-state index contributed by atoms with van der Waals surface area (Å²) in [5.41, 5.74) is 0. The molecular weight excluding hydrogens is 138 g/mol. The SMILES string of the molecule is Cc1ccc(C2CC2C#N)o1. The molecule has 0 radical (unpaired) electrons. The molecule has 1 fully saturated rings. The standard InChI is InChI=1S/C9H9NO/c1-6-2-3-9(11-6)8-4-7(8)5-10/h2-3,7-8H,4H2,1H3. The van der Waals surface area contributed by atoms with Crippen LogP contribution in [0.4, 0.5) is 0 Å². The molecule has 2 unspecified atom stereocenters. The van der Waals surface area contributed by atoms with Crippen molar-refractivity contribution in [1.29, 1.82) is 5.26 Å². The van der Waals surface area contributed by atoms with Crippen LogP contribution in [0.2, 0.25) is 0 Å². The lowest BCUT2D eigenvalue weighted by atomic mass is 10.3. The molecule has 2 atom stereocenters.